The molecule has 1 fully saturated rings. The van der Waals surface area contributed by atoms with E-state index < -0.39 is 11.8 Å². The lowest BCUT2D eigenvalue weighted by atomic mass is 9.86. The van der Waals surface area contributed by atoms with E-state index in [1.54, 1.807) is 18.2 Å². The van der Waals surface area contributed by atoms with Crippen LogP contribution in [0.25, 0.3) is 0 Å². The molecule has 0 aliphatic heterocycles. The van der Waals surface area contributed by atoms with Gasteiger partial charge in [-0.1, -0.05) is 19.8 Å². The maximum Gasteiger partial charge on any atom is 0.313 e. The summed E-state index contributed by atoms with van der Waals surface area (Å²) >= 11 is 0. The molecule has 6 nitrogen and oxygen atoms in total. The summed E-state index contributed by atoms with van der Waals surface area (Å²) in [5.41, 5.74) is 0.406. The third-order valence-corrected chi connectivity index (χ3v) is 4.29. The van der Waals surface area contributed by atoms with Gasteiger partial charge in [-0.25, -0.2) is 0 Å². The Kier molecular flexibility index (Phi) is 5.84. The zero-order chi connectivity index (χ0) is 16.8. The summed E-state index contributed by atoms with van der Waals surface area (Å²) in [6.45, 7) is 2.10. The van der Waals surface area contributed by atoms with Gasteiger partial charge in [-0.15, -0.1) is 0 Å². The Morgan fingerprint density at radius 2 is 1.83 bits per heavy atom. The minimum Gasteiger partial charge on any atom is -0.497 e. The van der Waals surface area contributed by atoms with Gasteiger partial charge >= 0.3 is 11.8 Å². The number of rotatable bonds is 4. The first-order chi connectivity index (χ1) is 11.0. The highest BCUT2D eigenvalue weighted by molar-refractivity contribution is 6.39. The van der Waals surface area contributed by atoms with Gasteiger partial charge in [-0.05, 0) is 30.9 Å². The molecule has 2 atom stereocenters. The highest BCUT2D eigenvalue weighted by Gasteiger charge is 2.25. The zero-order valence-corrected chi connectivity index (χ0v) is 13.8. The molecule has 0 heterocycles. The number of hydrogen-bond acceptors (Lipinski definition) is 4. The van der Waals surface area contributed by atoms with Crippen LogP contribution in [0.1, 0.15) is 32.6 Å². The fourth-order valence-corrected chi connectivity index (χ4v) is 2.86. The standard InChI is InChI=1S/C17H24N2O4/c1-11-6-4-5-7-13(11)18-16(20)17(21)19-14-10-12(22-2)8-9-15(14)23-3/h8-11,13H,4-7H2,1-3H3,(H,18,20)(H,19,21)/t11-,13+/m0/s1. The summed E-state index contributed by atoms with van der Waals surface area (Å²) in [7, 11) is 3.03. The van der Waals surface area contributed by atoms with E-state index in [0.29, 0.717) is 23.1 Å². The van der Waals surface area contributed by atoms with Crippen molar-refractivity contribution < 1.29 is 19.1 Å². The van der Waals surface area contributed by atoms with Gasteiger partial charge in [-0.3, -0.25) is 9.59 Å². The summed E-state index contributed by atoms with van der Waals surface area (Å²) in [5, 5.41) is 5.42. The van der Waals surface area contributed by atoms with Crippen LogP contribution in [0.3, 0.4) is 0 Å². The van der Waals surface area contributed by atoms with Gasteiger partial charge in [0.25, 0.3) is 0 Å². The Hall–Kier alpha value is -2.24. The minimum absolute atomic E-state index is 0.0641. The maximum atomic E-state index is 12.1. The molecule has 0 aromatic heterocycles. The average molecular weight is 320 g/mol. The van der Waals surface area contributed by atoms with Gasteiger partial charge < -0.3 is 20.1 Å². The van der Waals surface area contributed by atoms with Crippen molar-refractivity contribution in [3.8, 4) is 11.5 Å². The van der Waals surface area contributed by atoms with Crippen LogP contribution in [0, 0.1) is 5.92 Å². The van der Waals surface area contributed by atoms with Gasteiger partial charge in [0.05, 0.1) is 19.9 Å². The maximum absolute atomic E-state index is 12.1. The molecule has 0 bridgehead atoms. The first kappa shape index (κ1) is 17.1. The van der Waals surface area contributed by atoms with Gasteiger partial charge in [-0.2, -0.15) is 0 Å². The lowest BCUT2D eigenvalue weighted by Gasteiger charge is -2.29. The molecule has 2 amide bonds. The van der Waals surface area contributed by atoms with E-state index in [2.05, 4.69) is 17.6 Å². The fraction of sp³-hybridized carbons (Fsp3) is 0.529. The predicted molar refractivity (Wildman–Crippen MR) is 87.7 cm³/mol. The lowest BCUT2D eigenvalue weighted by Crippen LogP contribution is -2.45. The number of ether oxygens (including phenoxy) is 2. The zero-order valence-electron chi connectivity index (χ0n) is 13.8. The first-order valence-corrected chi connectivity index (χ1v) is 7.89. The minimum atomic E-state index is -0.700. The molecule has 0 unspecified atom stereocenters. The number of benzene rings is 1. The van der Waals surface area contributed by atoms with Gasteiger partial charge in [0, 0.05) is 12.1 Å². The second-order valence-electron chi connectivity index (χ2n) is 5.86. The van der Waals surface area contributed by atoms with Gasteiger partial charge in [0.1, 0.15) is 11.5 Å². The molecule has 23 heavy (non-hydrogen) atoms. The van der Waals surface area contributed by atoms with Crippen LogP contribution in [0.4, 0.5) is 5.69 Å². The molecule has 0 spiro atoms. The van der Waals surface area contributed by atoms with Crippen molar-refractivity contribution in [2.45, 2.75) is 38.6 Å². The molecule has 2 N–H and O–H groups in total. The monoisotopic (exact) mass is 320 g/mol. The third-order valence-electron chi connectivity index (χ3n) is 4.29. The number of carbonyl (C=O) groups excluding carboxylic acids is 2. The number of carbonyl (C=O) groups is 2. The summed E-state index contributed by atoms with van der Waals surface area (Å²) in [6.07, 6.45) is 4.26. The normalized spacial score (nSPS) is 20.5. The Morgan fingerprint density at radius 1 is 1.09 bits per heavy atom. The van der Waals surface area contributed by atoms with E-state index in [-0.39, 0.29) is 6.04 Å². The van der Waals surface area contributed by atoms with Crippen LogP contribution in [-0.4, -0.2) is 32.1 Å². The molecule has 2 rings (SSSR count). The average Bonchev–Trinajstić information content (AvgIpc) is 2.56. The van der Waals surface area contributed by atoms with Crippen LogP contribution in [0.5, 0.6) is 11.5 Å². The summed E-state index contributed by atoms with van der Waals surface area (Å²) in [4.78, 5) is 24.3. The summed E-state index contributed by atoms with van der Waals surface area (Å²) in [5.74, 6) is 0.121. The third kappa shape index (κ3) is 4.37. The van der Waals surface area contributed by atoms with Crippen LogP contribution in [-0.2, 0) is 9.59 Å². The van der Waals surface area contributed by atoms with E-state index in [1.165, 1.54) is 20.6 Å². The highest BCUT2D eigenvalue weighted by atomic mass is 16.5. The van der Waals surface area contributed by atoms with Crippen LogP contribution < -0.4 is 20.1 Å². The Bertz CT molecular complexity index is 574. The van der Waals surface area contributed by atoms with Crippen molar-refractivity contribution in [3.63, 3.8) is 0 Å². The molecular weight excluding hydrogens is 296 g/mol. The summed E-state index contributed by atoms with van der Waals surface area (Å²) < 4.78 is 10.3. The van der Waals surface area contributed by atoms with E-state index in [1.807, 2.05) is 0 Å². The van der Waals surface area contributed by atoms with Crippen molar-refractivity contribution in [1.82, 2.24) is 5.32 Å². The van der Waals surface area contributed by atoms with Gasteiger partial charge in [0.15, 0.2) is 0 Å². The molecule has 6 heteroatoms. The van der Waals surface area contributed by atoms with Crippen LogP contribution >= 0.6 is 0 Å². The molecule has 1 aromatic carbocycles. The molecule has 0 radical (unpaired) electrons. The molecule has 126 valence electrons. The van der Waals surface area contributed by atoms with Crippen LogP contribution in [0.2, 0.25) is 0 Å². The topological polar surface area (TPSA) is 76.7 Å². The smallest absolute Gasteiger partial charge is 0.313 e. The van der Waals surface area contributed by atoms with E-state index in [4.69, 9.17) is 9.47 Å². The predicted octanol–water partition coefficient (Wildman–Crippen LogP) is 2.34. The van der Waals surface area contributed by atoms with Crippen molar-refractivity contribution in [1.29, 1.82) is 0 Å². The Labute approximate surface area is 136 Å². The number of amides is 2. The van der Waals surface area contributed by atoms with Crippen molar-refractivity contribution in [3.05, 3.63) is 18.2 Å². The van der Waals surface area contributed by atoms with Crippen molar-refractivity contribution in [2.24, 2.45) is 5.92 Å². The van der Waals surface area contributed by atoms with Crippen molar-refractivity contribution in [2.75, 3.05) is 19.5 Å². The number of methoxy groups -OCH3 is 2. The largest absolute Gasteiger partial charge is 0.497 e. The second-order valence-corrected chi connectivity index (χ2v) is 5.86. The van der Waals surface area contributed by atoms with Crippen molar-refractivity contribution >= 4 is 17.5 Å². The number of anilines is 1. The second kappa shape index (κ2) is 7.85. The number of nitrogens with one attached hydrogen (secondary N) is 2. The number of hydrogen-bond donors (Lipinski definition) is 2. The fourth-order valence-electron chi connectivity index (χ4n) is 2.86. The van der Waals surface area contributed by atoms with E-state index >= 15 is 0 Å². The Morgan fingerprint density at radius 3 is 2.48 bits per heavy atom. The SMILES string of the molecule is COc1ccc(OC)c(NC(=O)C(=O)N[C@@H]2CCCC[C@@H]2C)c1. The molecule has 1 aromatic rings. The molecule has 0 saturated heterocycles. The quantitative estimate of drug-likeness (QED) is 0.835. The van der Waals surface area contributed by atoms with Gasteiger partial charge in [0.2, 0.25) is 0 Å². The molecule has 1 aliphatic rings. The summed E-state index contributed by atoms with van der Waals surface area (Å²) in [6, 6.07) is 5.08. The molecule has 1 aliphatic carbocycles. The highest BCUT2D eigenvalue weighted by Crippen LogP contribution is 2.29. The Balaban J connectivity index is 2.01. The van der Waals surface area contributed by atoms with Crippen LogP contribution in [0.15, 0.2) is 18.2 Å². The molecule has 1 saturated carbocycles. The van der Waals surface area contributed by atoms with E-state index in [9.17, 15) is 9.59 Å². The van der Waals surface area contributed by atoms with E-state index in [0.717, 1.165) is 19.3 Å². The lowest BCUT2D eigenvalue weighted by molar-refractivity contribution is -0.137. The molecular formula is C17H24N2O4. The first-order valence-electron chi connectivity index (χ1n) is 7.89.